The lowest BCUT2D eigenvalue weighted by Crippen LogP contribution is -2.34. The van der Waals surface area contributed by atoms with Crippen molar-refractivity contribution in [1.82, 2.24) is 10.3 Å². The van der Waals surface area contributed by atoms with E-state index in [1.807, 2.05) is 6.92 Å². The van der Waals surface area contributed by atoms with E-state index in [0.29, 0.717) is 24.3 Å². The molecule has 0 aliphatic rings. The molecule has 0 spiro atoms. The van der Waals surface area contributed by atoms with Gasteiger partial charge in [0.05, 0.1) is 6.20 Å². The number of nitrogens with two attached hydrogens (primary N) is 1. The zero-order chi connectivity index (χ0) is 12.0. The minimum absolute atomic E-state index is 0.386. The van der Waals surface area contributed by atoms with Crippen molar-refractivity contribution in [3.8, 4) is 0 Å². The van der Waals surface area contributed by atoms with Crippen LogP contribution in [-0.4, -0.2) is 17.5 Å². The minimum atomic E-state index is 0.386. The van der Waals surface area contributed by atoms with Gasteiger partial charge in [-0.25, -0.2) is 9.98 Å². The molecule has 0 saturated heterocycles. The summed E-state index contributed by atoms with van der Waals surface area (Å²) >= 11 is 0. The fourth-order valence-corrected chi connectivity index (χ4v) is 1.10. The van der Waals surface area contributed by atoms with E-state index in [1.165, 1.54) is 0 Å². The molecule has 1 aromatic heterocycles. The third kappa shape index (κ3) is 4.33. The molecule has 0 unspecified atom stereocenters. The predicted molar refractivity (Wildman–Crippen MR) is 64.0 cm³/mol. The number of hydrogen-bond donors (Lipinski definition) is 2. The van der Waals surface area contributed by atoms with E-state index >= 15 is 0 Å². The van der Waals surface area contributed by atoms with Crippen LogP contribution in [0.1, 0.15) is 32.4 Å². The highest BCUT2D eigenvalue weighted by molar-refractivity contribution is 5.77. The number of nitrogens with one attached hydrogen (secondary N) is 1. The number of rotatable bonds is 5. The smallest absolute Gasteiger partial charge is 0.216 e. The molecule has 5 nitrogen and oxygen atoms in total. The van der Waals surface area contributed by atoms with E-state index in [9.17, 15) is 0 Å². The summed E-state index contributed by atoms with van der Waals surface area (Å²) in [7, 11) is 0. The highest BCUT2D eigenvalue weighted by Crippen LogP contribution is 2.04. The number of oxazole rings is 1. The summed E-state index contributed by atoms with van der Waals surface area (Å²) in [6.45, 7) is 7.45. The number of aromatic nitrogens is 1. The van der Waals surface area contributed by atoms with Gasteiger partial charge in [-0.2, -0.15) is 0 Å². The molecular weight excluding hydrogens is 204 g/mol. The van der Waals surface area contributed by atoms with Gasteiger partial charge in [0.15, 0.2) is 5.96 Å². The molecule has 0 bridgehead atoms. The third-order valence-corrected chi connectivity index (χ3v) is 2.03. The summed E-state index contributed by atoms with van der Waals surface area (Å²) in [4.78, 5) is 8.24. The van der Waals surface area contributed by atoms with Crippen molar-refractivity contribution in [2.75, 3.05) is 6.54 Å². The SMILES string of the molecule is CCc1cnc(CN=C(N)NCC(C)C)o1. The number of nitrogens with zero attached hydrogens (tertiary/aromatic N) is 2. The van der Waals surface area contributed by atoms with Gasteiger partial charge in [0.1, 0.15) is 12.3 Å². The summed E-state index contributed by atoms with van der Waals surface area (Å²) in [5, 5.41) is 3.03. The Morgan fingerprint density at radius 2 is 2.38 bits per heavy atom. The van der Waals surface area contributed by atoms with Crippen LogP contribution >= 0.6 is 0 Å². The minimum Gasteiger partial charge on any atom is -0.444 e. The van der Waals surface area contributed by atoms with E-state index in [-0.39, 0.29) is 0 Å². The zero-order valence-corrected chi connectivity index (χ0v) is 10.2. The standard InChI is InChI=1S/C11H20N4O/c1-4-9-6-13-10(16-9)7-15-11(12)14-5-8(2)3/h6,8H,4-5,7H2,1-3H3,(H3,12,14,15). The summed E-state index contributed by atoms with van der Waals surface area (Å²) in [5.74, 6) is 2.46. The summed E-state index contributed by atoms with van der Waals surface area (Å²) in [6.07, 6.45) is 2.57. The number of aliphatic imine (C=N–C) groups is 1. The molecule has 0 fully saturated rings. The first kappa shape index (κ1) is 12.5. The Morgan fingerprint density at radius 3 is 2.94 bits per heavy atom. The van der Waals surface area contributed by atoms with Gasteiger partial charge in [0.2, 0.25) is 5.89 Å². The van der Waals surface area contributed by atoms with Crippen molar-refractivity contribution in [3.05, 3.63) is 17.8 Å². The van der Waals surface area contributed by atoms with Crippen LogP contribution in [0, 0.1) is 5.92 Å². The molecule has 90 valence electrons. The molecule has 5 heteroatoms. The normalized spacial score (nSPS) is 12.1. The van der Waals surface area contributed by atoms with E-state index in [0.717, 1.165) is 18.7 Å². The summed E-state index contributed by atoms with van der Waals surface area (Å²) in [6, 6.07) is 0. The van der Waals surface area contributed by atoms with Crippen LogP contribution < -0.4 is 11.1 Å². The topological polar surface area (TPSA) is 76.4 Å². The lowest BCUT2D eigenvalue weighted by molar-refractivity contribution is 0.461. The monoisotopic (exact) mass is 224 g/mol. The molecule has 16 heavy (non-hydrogen) atoms. The van der Waals surface area contributed by atoms with Crippen molar-refractivity contribution in [1.29, 1.82) is 0 Å². The molecule has 3 N–H and O–H groups in total. The van der Waals surface area contributed by atoms with E-state index < -0.39 is 0 Å². The second-order valence-corrected chi connectivity index (χ2v) is 4.05. The van der Waals surface area contributed by atoms with Crippen molar-refractivity contribution < 1.29 is 4.42 Å². The quantitative estimate of drug-likeness (QED) is 0.584. The second kappa shape index (κ2) is 6.15. The zero-order valence-electron chi connectivity index (χ0n) is 10.2. The van der Waals surface area contributed by atoms with Crippen LogP contribution in [0.3, 0.4) is 0 Å². The lowest BCUT2D eigenvalue weighted by atomic mass is 10.2. The molecule has 0 amide bonds. The molecule has 0 aromatic carbocycles. The van der Waals surface area contributed by atoms with Crippen LogP contribution in [0.5, 0.6) is 0 Å². The Labute approximate surface area is 96.1 Å². The first-order valence-electron chi connectivity index (χ1n) is 5.59. The van der Waals surface area contributed by atoms with Crippen LogP contribution in [0.25, 0.3) is 0 Å². The molecular formula is C11H20N4O. The predicted octanol–water partition coefficient (Wildman–Crippen LogP) is 1.30. The maximum Gasteiger partial charge on any atom is 0.216 e. The molecule has 0 aliphatic carbocycles. The van der Waals surface area contributed by atoms with Crippen molar-refractivity contribution >= 4 is 5.96 Å². The molecule has 1 heterocycles. The van der Waals surface area contributed by atoms with Crippen LogP contribution in [0.2, 0.25) is 0 Å². The average molecular weight is 224 g/mol. The van der Waals surface area contributed by atoms with Crippen LogP contribution in [0.4, 0.5) is 0 Å². The number of aryl methyl sites for hydroxylation is 1. The Hall–Kier alpha value is -1.52. The molecule has 0 aliphatic heterocycles. The maximum absolute atomic E-state index is 5.68. The van der Waals surface area contributed by atoms with Crippen LogP contribution in [0.15, 0.2) is 15.6 Å². The summed E-state index contributed by atoms with van der Waals surface area (Å²) in [5.41, 5.74) is 5.68. The lowest BCUT2D eigenvalue weighted by Gasteiger charge is -2.06. The van der Waals surface area contributed by atoms with E-state index in [4.69, 9.17) is 10.2 Å². The maximum atomic E-state index is 5.68. The molecule has 0 radical (unpaired) electrons. The average Bonchev–Trinajstić information content (AvgIpc) is 2.71. The van der Waals surface area contributed by atoms with Gasteiger partial charge < -0.3 is 15.5 Å². The molecule has 1 rings (SSSR count). The number of hydrogen-bond acceptors (Lipinski definition) is 3. The Balaban J connectivity index is 2.39. The Kier molecular flexibility index (Phi) is 4.82. The van der Waals surface area contributed by atoms with Crippen molar-refractivity contribution in [2.45, 2.75) is 33.7 Å². The fraction of sp³-hybridized carbons (Fsp3) is 0.636. The second-order valence-electron chi connectivity index (χ2n) is 4.05. The van der Waals surface area contributed by atoms with E-state index in [2.05, 4.69) is 29.1 Å². The van der Waals surface area contributed by atoms with Gasteiger partial charge >= 0.3 is 0 Å². The first-order valence-corrected chi connectivity index (χ1v) is 5.59. The van der Waals surface area contributed by atoms with Gasteiger partial charge in [-0.05, 0) is 5.92 Å². The van der Waals surface area contributed by atoms with Gasteiger partial charge in [-0.1, -0.05) is 20.8 Å². The van der Waals surface area contributed by atoms with Gasteiger partial charge in [-0.15, -0.1) is 0 Å². The Morgan fingerprint density at radius 1 is 1.62 bits per heavy atom. The highest BCUT2D eigenvalue weighted by Gasteiger charge is 2.01. The number of guanidine groups is 1. The van der Waals surface area contributed by atoms with Crippen molar-refractivity contribution in [2.24, 2.45) is 16.6 Å². The summed E-state index contributed by atoms with van der Waals surface area (Å²) < 4.78 is 5.41. The molecule has 1 aromatic rings. The largest absolute Gasteiger partial charge is 0.444 e. The third-order valence-electron chi connectivity index (χ3n) is 2.03. The van der Waals surface area contributed by atoms with Gasteiger partial charge in [0, 0.05) is 13.0 Å². The molecule has 0 saturated carbocycles. The molecule has 0 atom stereocenters. The highest BCUT2D eigenvalue weighted by atomic mass is 16.4. The van der Waals surface area contributed by atoms with Gasteiger partial charge in [-0.3, -0.25) is 0 Å². The fourth-order valence-electron chi connectivity index (χ4n) is 1.10. The first-order chi connectivity index (χ1) is 7.61. The Bertz CT molecular complexity index is 344. The van der Waals surface area contributed by atoms with Crippen LogP contribution in [-0.2, 0) is 13.0 Å². The van der Waals surface area contributed by atoms with E-state index in [1.54, 1.807) is 6.20 Å². The van der Waals surface area contributed by atoms with Gasteiger partial charge in [0.25, 0.3) is 0 Å². The van der Waals surface area contributed by atoms with Crippen molar-refractivity contribution in [3.63, 3.8) is 0 Å².